The number of amides is 3. The highest BCUT2D eigenvalue weighted by molar-refractivity contribution is 5.98. The Hall–Kier alpha value is -4.46. The molecule has 4 aromatic rings. The van der Waals surface area contributed by atoms with Gasteiger partial charge in [0.05, 0.1) is 17.0 Å². The van der Waals surface area contributed by atoms with E-state index in [9.17, 15) is 14.4 Å². The number of para-hydroxylation sites is 2. The van der Waals surface area contributed by atoms with Gasteiger partial charge in [0.15, 0.2) is 0 Å². The normalized spacial score (nSPS) is 12.4. The number of carbonyl (C=O) groups excluding carboxylic acids is 3. The lowest BCUT2D eigenvalue weighted by atomic mass is 9.97. The van der Waals surface area contributed by atoms with Crippen molar-refractivity contribution in [3.8, 4) is 0 Å². The lowest BCUT2D eigenvalue weighted by molar-refractivity contribution is -0.131. The van der Waals surface area contributed by atoms with Gasteiger partial charge in [0.2, 0.25) is 11.8 Å². The molecule has 0 spiro atoms. The molecule has 8 heteroatoms. The number of alkyl carbamates (subject to hydrolysis) is 1. The Balaban J connectivity index is 1.26. The average Bonchev–Trinajstić information content (AvgIpc) is 3.37. The van der Waals surface area contributed by atoms with Crippen LogP contribution in [-0.4, -0.2) is 34.4 Å². The number of imidazole rings is 1. The summed E-state index contributed by atoms with van der Waals surface area (Å²) in [5.74, 6) is -0.812. The third kappa shape index (κ3) is 8.53. The molecule has 1 heterocycles. The fraction of sp³-hybridized carbons (Fsp3) is 0.290. The van der Waals surface area contributed by atoms with Gasteiger partial charge >= 0.3 is 6.09 Å². The molecule has 0 bridgehead atoms. The first kappa shape index (κ1) is 27.6. The highest BCUT2D eigenvalue weighted by Crippen LogP contribution is 2.23. The van der Waals surface area contributed by atoms with Gasteiger partial charge in [-0.15, -0.1) is 0 Å². The molecular formula is C31H34N4O4. The van der Waals surface area contributed by atoms with E-state index in [0.29, 0.717) is 31.6 Å². The number of imide groups is 1. The van der Waals surface area contributed by atoms with Crippen LogP contribution in [0.3, 0.4) is 0 Å². The van der Waals surface area contributed by atoms with Gasteiger partial charge in [-0.25, -0.2) is 9.78 Å². The van der Waals surface area contributed by atoms with Crippen molar-refractivity contribution in [3.63, 3.8) is 0 Å². The molecule has 3 amide bonds. The van der Waals surface area contributed by atoms with Crippen LogP contribution in [-0.2, 0) is 27.4 Å². The predicted molar refractivity (Wildman–Crippen MR) is 150 cm³/mol. The molecule has 0 aliphatic heterocycles. The number of nitrogens with one attached hydrogen (secondary N) is 3. The van der Waals surface area contributed by atoms with Gasteiger partial charge in [0, 0.05) is 13.0 Å². The fourth-order valence-corrected chi connectivity index (χ4v) is 4.37. The zero-order valence-corrected chi connectivity index (χ0v) is 22.1. The fourth-order valence-electron chi connectivity index (χ4n) is 4.37. The Labute approximate surface area is 228 Å². The minimum atomic E-state index is -0.599. The van der Waals surface area contributed by atoms with Crippen molar-refractivity contribution in [1.29, 1.82) is 0 Å². The Morgan fingerprint density at radius 2 is 1.54 bits per heavy atom. The Kier molecular flexibility index (Phi) is 9.83. The van der Waals surface area contributed by atoms with Gasteiger partial charge in [-0.3, -0.25) is 14.9 Å². The second-order valence-electron chi connectivity index (χ2n) is 9.71. The average molecular weight is 527 g/mol. The summed E-state index contributed by atoms with van der Waals surface area (Å²) in [4.78, 5) is 45.8. The molecule has 0 saturated carbocycles. The first-order valence-corrected chi connectivity index (χ1v) is 13.2. The number of aromatic nitrogens is 2. The number of benzene rings is 3. The quantitative estimate of drug-likeness (QED) is 0.233. The molecule has 0 saturated heterocycles. The molecule has 3 aromatic carbocycles. The molecule has 2 unspecified atom stereocenters. The van der Waals surface area contributed by atoms with Crippen LogP contribution in [0.4, 0.5) is 4.79 Å². The molecule has 202 valence electrons. The number of rotatable bonds is 12. The van der Waals surface area contributed by atoms with Crippen molar-refractivity contribution < 1.29 is 19.1 Å². The third-order valence-corrected chi connectivity index (χ3v) is 6.53. The number of hydrogen-bond donors (Lipinski definition) is 3. The number of hydrogen-bond acceptors (Lipinski definition) is 5. The number of ether oxygens (including phenoxy) is 1. The molecule has 1 aromatic heterocycles. The molecule has 2 atom stereocenters. The van der Waals surface area contributed by atoms with E-state index in [1.807, 2.05) is 91.9 Å². The summed E-state index contributed by atoms with van der Waals surface area (Å²) in [6, 6.07) is 27.0. The topological polar surface area (TPSA) is 113 Å². The summed E-state index contributed by atoms with van der Waals surface area (Å²) in [7, 11) is 0. The zero-order chi connectivity index (χ0) is 27.5. The lowest BCUT2D eigenvalue weighted by Crippen LogP contribution is -2.36. The van der Waals surface area contributed by atoms with Crippen molar-refractivity contribution in [3.05, 3.63) is 102 Å². The van der Waals surface area contributed by atoms with Crippen LogP contribution in [0.2, 0.25) is 0 Å². The molecule has 4 rings (SSSR count). The van der Waals surface area contributed by atoms with Gasteiger partial charge in [-0.05, 0) is 48.4 Å². The van der Waals surface area contributed by atoms with Crippen molar-refractivity contribution >= 4 is 28.9 Å². The first-order valence-electron chi connectivity index (χ1n) is 13.2. The van der Waals surface area contributed by atoms with Crippen LogP contribution in [0.25, 0.3) is 11.0 Å². The highest BCUT2D eigenvalue weighted by Gasteiger charge is 2.26. The Morgan fingerprint density at radius 1 is 0.872 bits per heavy atom. The number of fused-ring (bicyclic) bond motifs is 1. The maximum absolute atomic E-state index is 13.3. The summed E-state index contributed by atoms with van der Waals surface area (Å²) < 4.78 is 5.21. The minimum Gasteiger partial charge on any atom is -0.445 e. The molecule has 0 radical (unpaired) electrons. The monoisotopic (exact) mass is 526 g/mol. The molecule has 8 nitrogen and oxygen atoms in total. The number of H-pyrrole nitrogens is 1. The van der Waals surface area contributed by atoms with E-state index in [0.717, 1.165) is 22.2 Å². The van der Waals surface area contributed by atoms with E-state index in [2.05, 4.69) is 20.6 Å². The molecule has 39 heavy (non-hydrogen) atoms. The van der Waals surface area contributed by atoms with Crippen molar-refractivity contribution in [2.75, 3.05) is 6.54 Å². The van der Waals surface area contributed by atoms with Gasteiger partial charge in [0.1, 0.15) is 12.4 Å². The zero-order valence-electron chi connectivity index (χ0n) is 22.1. The molecular weight excluding hydrogens is 492 g/mol. The summed E-state index contributed by atoms with van der Waals surface area (Å²) >= 11 is 0. The van der Waals surface area contributed by atoms with E-state index >= 15 is 0 Å². The number of aryl methyl sites for hydroxylation is 1. The van der Waals surface area contributed by atoms with Crippen molar-refractivity contribution in [2.24, 2.45) is 5.92 Å². The minimum absolute atomic E-state index is 0.0406. The summed E-state index contributed by atoms with van der Waals surface area (Å²) in [6.07, 6.45) is 1.42. The van der Waals surface area contributed by atoms with Gasteiger partial charge in [-0.2, -0.15) is 0 Å². The van der Waals surface area contributed by atoms with Gasteiger partial charge < -0.3 is 15.0 Å². The standard InChI is InChI=1S/C31H34N4O4/c1-22(18-19-32-31(38)39-21-24-12-6-3-7-13-24)20-28(36)35-30(37)25(17-16-23-10-4-2-5-11-23)29-33-26-14-8-9-15-27(26)34-29/h2-15,22,25H,16-21H2,1H3,(H,32,38)(H,33,34)(H,35,36,37). The molecule has 0 aliphatic carbocycles. The first-order chi connectivity index (χ1) is 19.0. The van der Waals surface area contributed by atoms with E-state index < -0.39 is 12.0 Å². The molecule has 3 N–H and O–H groups in total. The van der Waals surface area contributed by atoms with Crippen molar-refractivity contribution in [2.45, 2.75) is 45.1 Å². The van der Waals surface area contributed by atoms with E-state index in [-0.39, 0.29) is 30.8 Å². The second kappa shape index (κ2) is 13.9. The predicted octanol–water partition coefficient (Wildman–Crippen LogP) is 5.26. The summed E-state index contributed by atoms with van der Waals surface area (Å²) in [5, 5.41) is 5.29. The number of nitrogens with zero attached hydrogens (tertiary/aromatic N) is 1. The van der Waals surface area contributed by atoms with Crippen LogP contribution >= 0.6 is 0 Å². The molecule has 0 aliphatic rings. The SMILES string of the molecule is CC(CCNC(=O)OCc1ccccc1)CC(=O)NC(=O)C(CCc1ccccc1)c1nc2ccccc2[nH]1. The van der Waals surface area contributed by atoms with Gasteiger partial charge in [0.25, 0.3) is 0 Å². The van der Waals surface area contributed by atoms with Gasteiger partial charge in [-0.1, -0.05) is 79.7 Å². The molecule has 0 fully saturated rings. The smallest absolute Gasteiger partial charge is 0.407 e. The van der Waals surface area contributed by atoms with Crippen LogP contribution in [0.15, 0.2) is 84.9 Å². The van der Waals surface area contributed by atoms with Crippen molar-refractivity contribution in [1.82, 2.24) is 20.6 Å². The highest BCUT2D eigenvalue weighted by atomic mass is 16.5. The summed E-state index contributed by atoms with van der Waals surface area (Å²) in [6.45, 7) is 2.48. The van der Waals surface area contributed by atoms with Crippen LogP contribution < -0.4 is 10.6 Å². The maximum Gasteiger partial charge on any atom is 0.407 e. The largest absolute Gasteiger partial charge is 0.445 e. The Morgan fingerprint density at radius 3 is 2.26 bits per heavy atom. The van der Waals surface area contributed by atoms with E-state index in [1.54, 1.807) is 0 Å². The lowest BCUT2D eigenvalue weighted by Gasteiger charge is -2.16. The van der Waals surface area contributed by atoms with Crippen LogP contribution in [0.5, 0.6) is 0 Å². The summed E-state index contributed by atoms with van der Waals surface area (Å²) in [5.41, 5.74) is 3.65. The second-order valence-corrected chi connectivity index (χ2v) is 9.71. The Bertz CT molecular complexity index is 1340. The number of aromatic amines is 1. The number of carbonyl (C=O) groups is 3. The maximum atomic E-state index is 13.3. The van der Waals surface area contributed by atoms with E-state index in [4.69, 9.17) is 4.74 Å². The third-order valence-electron chi connectivity index (χ3n) is 6.53. The van der Waals surface area contributed by atoms with Crippen LogP contribution in [0, 0.1) is 5.92 Å². The van der Waals surface area contributed by atoms with E-state index in [1.165, 1.54) is 0 Å². The van der Waals surface area contributed by atoms with Crippen LogP contribution in [0.1, 0.15) is 49.1 Å².